The molecule has 2 unspecified atom stereocenters. The highest BCUT2D eigenvalue weighted by Gasteiger charge is 2.32. The first kappa shape index (κ1) is 15.5. The normalized spacial score (nSPS) is 21.6. The van der Waals surface area contributed by atoms with Gasteiger partial charge in [-0.15, -0.1) is 0 Å². The topological polar surface area (TPSA) is 75.4 Å². The molecule has 1 aliphatic heterocycles. The molecule has 0 bridgehead atoms. The molecule has 3 rings (SSSR count). The summed E-state index contributed by atoms with van der Waals surface area (Å²) < 4.78 is 1.78. The molecule has 1 saturated heterocycles. The van der Waals surface area contributed by atoms with E-state index in [1.165, 1.54) is 0 Å². The van der Waals surface area contributed by atoms with E-state index in [2.05, 4.69) is 5.10 Å². The summed E-state index contributed by atoms with van der Waals surface area (Å²) >= 11 is 0. The number of rotatable bonds is 3. The van der Waals surface area contributed by atoms with Crippen LogP contribution in [-0.4, -0.2) is 44.3 Å². The monoisotopic (exact) mass is 315 g/mol. The summed E-state index contributed by atoms with van der Waals surface area (Å²) in [5.74, 6) is -1.33. The molecule has 6 nitrogen and oxygen atoms in total. The van der Waals surface area contributed by atoms with Crippen LogP contribution < -0.4 is 0 Å². The number of carboxylic acids is 1. The van der Waals surface area contributed by atoms with Gasteiger partial charge in [0.15, 0.2) is 0 Å². The third-order valence-electron chi connectivity index (χ3n) is 4.70. The number of carboxylic acid groups (broad SMARTS) is 1. The molecular weight excluding hydrogens is 294 g/mol. The number of amides is 1. The minimum atomic E-state index is -0.821. The van der Waals surface area contributed by atoms with Crippen molar-refractivity contribution in [1.82, 2.24) is 14.7 Å². The predicted molar refractivity (Wildman–Crippen MR) is 86.0 cm³/mol. The number of carbonyl (C=O) groups excluding carboxylic acids is 1. The fourth-order valence-corrected chi connectivity index (χ4v) is 3.32. The van der Waals surface area contributed by atoms with Gasteiger partial charge in [0, 0.05) is 25.0 Å². The number of carbonyl (C=O) groups is 2. The third-order valence-corrected chi connectivity index (χ3v) is 4.70. The van der Waals surface area contributed by atoms with Crippen LogP contribution in [-0.2, 0) is 23.1 Å². The SMILES string of the molecule is CC1CCC(C(=O)O)CN1C(=O)Cc1nn(C)c2ccccc12. The number of likely N-dealkylation sites (tertiary alicyclic amines) is 1. The molecule has 1 amide bonds. The summed E-state index contributed by atoms with van der Waals surface area (Å²) in [7, 11) is 1.86. The van der Waals surface area contributed by atoms with E-state index < -0.39 is 11.9 Å². The fraction of sp³-hybridized carbons (Fsp3) is 0.471. The Morgan fingerprint density at radius 1 is 1.30 bits per heavy atom. The number of hydrogen-bond acceptors (Lipinski definition) is 3. The number of aliphatic carboxylic acids is 1. The van der Waals surface area contributed by atoms with Crippen LogP contribution >= 0.6 is 0 Å². The van der Waals surface area contributed by atoms with Gasteiger partial charge in [-0.3, -0.25) is 14.3 Å². The maximum absolute atomic E-state index is 12.7. The number of fused-ring (bicyclic) bond motifs is 1. The molecule has 0 aliphatic carbocycles. The maximum atomic E-state index is 12.7. The Morgan fingerprint density at radius 3 is 2.78 bits per heavy atom. The van der Waals surface area contributed by atoms with Gasteiger partial charge in [0.2, 0.25) is 5.91 Å². The largest absolute Gasteiger partial charge is 0.481 e. The zero-order valence-corrected chi connectivity index (χ0v) is 13.4. The summed E-state index contributed by atoms with van der Waals surface area (Å²) in [6, 6.07) is 7.89. The van der Waals surface area contributed by atoms with Crippen LogP contribution in [0, 0.1) is 5.92 Å². The van der Waals surface area contributed by atoms with Gasteiger partial charge >= 0.3 is 5.97 Å². The van der Waals surface area contributed by atoms with Crippen molar-refractivity contribution < 1.29 is 14.7 Å². The van der Waals surface area contributed by atoms with E-state index in [9.17, 15) is 14.7 Å². The highest BCUT2D eigenvalue weighted by Crippen LogP contribution is 2.24. The van der Waals surface area contributed by atoms with Crippen molar-refractivity contribution in [2.24, 2.45) is 13.0 Å². The van der Waals surface area contributed by atoms with E-state index in [0.717, 1.165) is 23.0 Å². The molecule has 1 N–H and O–H groups in total. The molecule has 2 heterocycles. The molecule has 0 spiro atoms. The van der Waals surface area contributed by atoms with Crippen molar-refractivity contribution in [2.45, 2.75) is 32.2 Å². The first-order valence-electron chi connectivity index (χ1n) is 7.90. The molecule has 1 aliphatic rings. The lowest BCUT2D eigenvalue weighted by molar-refractivity contribution is -0.147. The Hall–Kier alpha value is -2.37. The van der Waals surface area contributed by atoms with E-state index in [0.29, 0.717) is 13.0 Å². The lowest BCUT2D eigenvalue weighted by Gasteiger charge is -2.36. The zero-order chi connectivity index (χ0) is 16.6. The fourth-order valence-electron chi connectivity index (χ4n) is 3.32. The third kappa shape index (κ3) is 2.93. The number of para-hydroxylation sites is 1. The maximum Gasteiger partial charge on any atom is 0.308 e. The number of aryl methyl sites for hydroxylation is 1. The van der Waals surface area contributed by atoms with Gasteiger partial charge in [-0.05, 0) is 25.8 Å². The number of aromatic nitrogens is 2. The highest BCUT2D eigenvalue weighted by molar-refractivity contribution is 5.88. The molecule has 1 aromatic carbocycles. The number of piperidine rings is 1. The van der Waals surface area contributed by atoms with E-state index in [4.69, 9.17) is 0 Å². The average Bonchev–Trinajstić information content (AvgIpc) is 2.84. The van der Waals surface area contributed by atoms with Gasteiger partial charge in [0.25, 0.3) is 0 Å². The molecule has 23 heavy (non-hydrogen) atoms. The van der Waals surface area contributed by atoms with E-state index in [1.807, 2.05) is 38.2 Å². The second-order valence-corrected chi connectivity index (χ2v) is 6.27. The second-order valence-electron chi connectivity index (χ2n) is 6.27. The molecule has 0 radical (unpaired) electrons. The van der Waals surface area contributed by atoms with Gasteiger partial charge in [-0.25, -0.2) is 0 Å². The van der Waals surface area contributed by atoms with Crippen LogP contribution in [0.4, 0.5) is 0 Å². The van der Waals surface area contributed by atoms with Gasteiger partial charge in [-0.1, -0.05) is 18.2 Å². The summed E-state index contributed by atoms with van der Waals surface area (Å²) in [4.78, 5) is 25.6. The Balaban J connectivity index is 1.81. The highest BCUT2D eigenvalue weighted by atomic mass is 16.4. The smallest absolute Gasteiger partial charge is 0.308 e. The first-order chi connectivity index (χ1) is 11.0. The Bertz CT molecular complexity index is 753. The van der Waals surface area contributed by atoms with Crippen LogP contribution in [0.1, 0.15) is 25.5 Å². The summed E-state index contributed by atoms with van der Waals surface area (Å²) in [5.41, 5.74) is 1.74. The standard InChI is InChI=1S/C17H21N3O3/c1-11-7-8-12(17(22)23)10-20(11)16(21)9-14-13-5-3-4-6-15(13)19(2)18-14/h3-6,11-12H,7-10H2,1-2H3,(H,22,23). The molecular formula is C17H21N3O3. The lowest BCUT2D eigenvalue weighted by Crippen LogP contribution is -2.48. The zero-order valence-electron chi connectivity index (χ0n) is 13.4. The second kappa shape index (κ2) is 6.02. The van der Waals surface area contributed by atoms with Crippen LogP contribution in [0.15, 0.2) is 24.3 Å². The van der Waals surface area contributed by atoms with Crippen molar-refractivity contribution in [3.05, 3.63) is 30.0 Å². The minimum Gasteiger partial charge on any atom is -0.481 e. The van der Waals surface area contributed by atoms with Crippen molar-refractivity contribution in [1.29, 1.82) is 0 Å². The number of hydrogen-bond donors (Lipinski definition) is 1. The van der Waals surface area contributed by atoms with Crippen molar-refractivity contribution in [3.8, 4) is 0 Å². The number of benzene rings is 1. The van der Waals surface area contributed by atoms with Gasteiger partial charge < -0.3 is 10.0 Å². The first-order valence-corrected chi connectivity index (χ1v) is 7.90. The average molecular weight is 315 g/mol. The van der Waals surface area contributed by atoms with E-state index in [1.54, 1.807) is 9.58 Å². The lowest BCUT2D eigenvalue weighted by atomic mass is 9.93. The van der Waals surface area contributed by atoms with Crippen LogP contribution in [0.3, 0.4) is 0 Å². The molecule has 1 aromatic heterocycles. The summed E-state index contributed by atoms with van der Waals surface area (Å²) in [6.07, 6.45) is 1.57. The van der Waals surface area contributed by atoms with Gasteiger partial charge in [0.1, 0.15) is 0 Å². The Morgan fingerprint density at radius 2 is 2.04 bits per heavy atom. The molecule has 1 fully saturated rings. The van der Waals surface area contributed by atoms with Crippen molar-refractivity contribution >= 4 is 22.8 Å². The molecule has 2 aromatic rings. The Labute approximate surface area is 134 Å². The molecule has 122 valence electrons. The molecule has 2 atom stereocenters. The van der Waals surface area contributed by atoms with Crippen molar-refractivity contribution in [2.75, 3.05) is 6.54 Å². The van der Waals surface area contributed by atoms with Gasteiger partial charge in [-0.2, -0.15) is 5.10 Å². The van der Waals surface area contributed by atoms with E-state index in [-0.39, 0.29) is 18.4 Å². The predicted octanol–water partition coefficient (Wildman–Crippen LogP) is 1.83. The van der Waals surface area contributed by atoms with Gasteiger partial charge in [0.05, 0.1) is 23.5 Å². The quantitative estimate of drug-likeness (QED) is 0.937. The van der Waals surface area contributed by atoms with Crippen LogP contribution in [0.5, 0.6) is 0 Å². The van der Waals surface area contributed by atoms with Crippen LogP contribution in [0.25, 0.3) is 10.9 Å². The summed E-state index contributed by atoms with van der Waals surface area (Å²) in [5, 5.41) is 14.6. The Kier molecular flexibility index (Phi) is 4.07. The van der Waals surface area contributed by atoms with Crippen LogP contribution in [0.2, 0.25) is 0 Å². The summed E-state index contributed by atoms with van der Waals surface area (Å²) in [6.45, 7) is 2.27. The molecule has 0 saturated carbocycles. The minimum absolute atomic E-state index is 0.0488. The number of nitrogens with zero attached hydrogens (tertiary/aromatic N) is 3. The van der Waals surface area contributed by atoms with E-state index >= 15 is 0 Å². The van der Waals surface area contributed by atoms with Crippen molar-refractivity contribution in [3.63, 3.8) is 0 Å². The molecule has 6 heteroatoms.